The third-order valence-electron chi connectivity index (χ3n) is 1.32. The normalized spacial score (nSPS) is 10.6. The van der Waals surface area contributed by atoms with Gasteiger partial charge in [0.1, 0.15) is 5.52 Å². The lowest BCUT2D eigenvalue weighted by Crippen LogP contribution is -1.84. The molecule has 0 aliphatic heterocycles. The molecule has 2 rings (SSSR count). The number of hydrogen-bond donors (Lipinski definition) is 0. The molecule has 0 aliphatic rings. The molecule has 3 nitrogen and oxygen atoms in total. The lowest BCUT2D eigenvalue weighted by molar-refractivity contribution is 1.22. The first-order chi connectivity index (χ1) is 5.40. The van der Waals surface area contributed by atoms with Gasteiger partial charge in [-0.25, -0.2) is 4.98 Å². The van der Waals surface area contributed by atoms with Crippen LogP contribution in [0.5, 0.6) is 0 Å². The number of hydrogen-bond acceptors (Lipinski definition) is 4. The fraction of sp³-hybridized carbons (Fsp3) is 0.167. The van der Waals surface area contributed by atoms with Gasteiger partial charge in [-0.05, 0) is 12.1 Å². The van der Waals surface area contributed by atoms with E-state index in [4.69, 9.17) is 0 Å². The monoisotopic (exact) mass is 229 g/mol. The molecule has 5 heteroatoms. The maximum absolute atomic E-state index is 4.24. The molecule has 0 saturated carbocycles. The summed E-state index contributed by atoms with van der Waals surface area (Å²) < 4.78 is 8.07. The van der Waals surface area contributed by atoms with Gasteiger partial charge in [0.2, 0.25) is 0 Å². The lowest BCUT2D eigenvalue weighted by atomic mass is 10.3. The minimum Gasteiger partial charge on any atom is -0.230 e. The fourth-order valence-electron chi connectivity index (χ4n) is 0.796. The Balaban J connectivity index is 2.67. The van der Waals surface area contributed by atoms with Gasteiger partial charge in [-0.3, -0.25) is 0 Å². The summed E-state index contributed by atoms with van der Waals surface area (Å²) in [4.78, 5) is 4.24. The summed E-state index contributed by atoms with van der Waals surface area (Å²) in [7, 11) is 0. The lowest BCUT2D eigenvalue weighted by Gasteiger charge is -1.90. The van der Waals surface area contributed by atoms with E-state index in [-0.39, 0.29) is 0 Å². The average molecular weight is 230 g/mol. The van der Waals surface area contributed by atoms with Crippen LogP contribution in [0, 0.1) is 0 Å². The standard InChI is InChI=1S/C6H4BrN3S/c7-3-4-1-2-5-6(8-4)10-11-9-5/h1-2H,3H2. The summed E-state index contributed by atoms with van der Waals surface area (Å²) in [6.07, 6.45) is 0. The fourth-order valence-corrected chi connectivity index (χ4v) is 1.59. The van der Waals surface area contributed by atoms with Gasteiger partial charge in [0.15, 0.2) is 5.65 Å². The summed E-state index contributed by atoms with van der Waals surface area (Å²) in [5, 5.41) is 0.764. The second kappa shape index (κ2) is 2.83. The molecule has 0 amide bonds. The van der Waals surface area contributed by atoms with E-state index in [0.717, 1.165) is 22.2 Å². The molecule has 0 aromatic carbocycles. The molecule has 0 bridgehead atoms. The van der Waals surface area contributed by atoms with Gasteiger partial charge < -0.3 is 0 Å². The number of halogens is 1. The van der Waals surface area contributed by atoms with Gasteiger partial charge >= 0.3 is 0 Å². The van der Waals surface area contributed by atoms with Crippen molar-refractivity contribution >= 4 is 38.8 Å². The number of pyridine rings is 1. The van der Waals surface area contributed by atoms with Crippen LogP contribution in [-0.2, 0) is 5.33 Å². The molecule has 11 heavy (non-hydrogen) atoms. The van der Waals surface area contributed by atoms with Crippen molar-refractivity contribution in [2.45, 2.75) is 5.33 Å². The van der Waals surface area contributed by atoms with Gasteiger partial charge in [-0.2, -0.15) is 8.75 Å². The van der Waals surface area contributed by atoms with Crippen molar-refractivity contribution in [3.63, 3.8) is 0 Å². The maximum Gasteiger partial charge on any atom is 0.193 e. The molecule has 0 N–H and O–H groups in total. The number of aromatic nitrogens is 3. The number of alkyl halides is 1. The van der Waals surface area contributed by atoms with Crippen LogP contribution in [0.2, 0.25) is 0 Å². The van der Waals surface area contributed by atoms with Crippen LogP contribution in [0.3, 0.4) is 0 Å². The largest absolute Gasteiger partial charge is 0.230 e. The average Bonchev–Trinajstić information content (AvgIpc) is 2.50. The molecule has 2 aromatic rings. The van der Waals surface area contributed by atoms with Crippen molar-refractivity contribution in [2.75, 3.05) is 0 Å². The van der Waals surface area contributed by atoms with Crippen molar-refractivity contribution in [3.8, 4) is 0 Å². The van der Waals surface area contributed by atoms with Crippen LogP contribution in [0.1, 0.15) is 5.69 Å². The van der Waals surface area contributed by atoms with E-state index >= 15 is 0 Å². The smallest absolute Gasteiger partial charge is 0.193 e. The van der Waals surface area contributed by atoms with Gasteiger partial charge in [-0.15, -0.1) is 0 Å². The maximum atomic E-state index is 4.24. The zero-order valence-electron chi connectivity index (χ0n) is 5.49. The second-order valence-corrected chi connectivity index (χ2v) is 3.13. The Bertz CT molecular complexity index is 373. The number of fused-ring (bicyclic) bond motifs is 1. The molecule has 0 atom stereocenters. The van der Waals surface area contributed by atoms with Gasteiger partial charge in [-0.1, -0.05) is 15.9 Å². The predicted molar refractivity (Wildman–Crippen MR) is 47.8 cm³/mol. The van der Waals surface area contributed by atoms with Crippen LogP contribution >= 0.6 is 27.7 Å². The van der Waals surface area contributed by atoms with E-state index in [1.54, 1.807) is 0 Å². The summed E-state index contributed by atoms with van der Waals surface area (Å²) in [5.41, 5.74) is 2.61. The third kappa shape index (κ3) is 1.25. The van der Waals surface area contributed by atoms with E-state index in [0.29, 0.717) is 0 Å². The summed E-state index contributed by atoms with van der Waals surface area (Å²) in [5.74, 6) is 0. The van der Waals surface area contributed by atoms with Crippen LogP contribution < -0.4 is 0 Å². The second-order valence-electron chi connectivity index (χ2n) is 2.04. The first-order valence-corrected chi connectivity index (χ1v) is 4.89. The van der Waals surface area contributed by atoms with E-state index in [1.165, 1.54) is 11.7 Å². The SMILES string of the molecule is BrCc1ccc2nsnc2n1. The van der Waals surface area contributed by atoms with Crippen molar-refractivity contribution in [3.05, 3.63) is 17.8 Å². The Hall–Kier alpha value is -0.550. The minimum absolute atomic E-state index is 0.743. The highest BCUT2D eigenvalue weighted by molar-refractivity contribution is 9.08. The minimum atomic E-state index is 0.743. The third-order valence-corrected chi connectivity index (χ3v) is 2.42. The Morgan fingerprint density at radius 2 is 2.27 bits per heavy atom. The van der Waals surface area contributed by atoms with E-state index in [9.17, 15) is 0 Å². The molecule has 2 heterocycles. The van der Waals surface area contributed by atoms with Crippen molar-refractivity contribution in [2.24, 2.45) is 0 Å². The molecular weight excluding hydrogens is 226 g/mol. The summed E-state index contributed by atoms with van der Waals surface area (Å²) in [6, 6.07) is 3.88. The van der Waals surface area contributed by atoms with Crippen molar-refractivity contribution < 1.29 is 0 Å². The van der Waals surface area contributed by atoms with Crippen molar-refractivity contribution in [1.29, 1.82) is 0 Å². The molecule has 0 spiro atoms. The first kappa shape index (κ1) is 7.12. The summed E-state index contributed by atoms with van der Waals surface area (Å²) in [6.45, 7) is 0. The molecule has 0 fully saturated rings. The Morgan fingerprint density at radius 3 is 3.09 bits per heavy atom. The zero-order valence-corrected chi connectivity index (χ0v) is 7.89. The quantitative estimate of drug-likeness (QED) is 0.703. The summed E-state index contributed by atoms with van der Waals surface area (Å²) >= 11 is 4.52. The van der Waals surface area contributed by atoms with E-state index in [1.807, 2.05) is 12.1 Å². The van der Waals surface area contributed by atoms with Crippen LogP contribution in [-0.4, -0.2) is 13.7 Å². The van der Waals surface area contributed by atoms with Crippen LogP contribution in [0.25, 0.3) is 11.2 Å². The van der Waals surface area contributed by atoms with Gasteiger partial charge in [0, 0.05) is 5.33 Å². The van der Waals surface area contributed by atoms with E-state index < -0.39 is 0 Å². The van der Waals surface area contributed by atoms with Gasteiger partial charge in [0.25, 0.3) is 0 Å². The molecule has 0 unspecified atom stereocenters. The Kier molecular flexibility index (Phi) is 1.83. The van der Waals surface area contributed by atoms with Crippen molar-refractivity contribution in [1.82, 2.24) is 13.7 Å². The molecule has 56 valence electrons. The number of rotatable bonds is 1. The topological polar surface area (TPSA) is 38.7 Å². The zero-order chi connectivity index (χ0) is 7.68. The highest BCUT2D eigenvalue weighted by atomic mass is 79.9. The van der Waals surface area contributed by atoms with Crippen LogP contribution in [0.4, 0.5) is 0 Å². The predicted octanol–water partition coefficient (Wildman–Crippen LogP) is 1.98. The van der Waals surface area contributed by atoms with Gasteiger partial charge in [0.05, 0.1) is 17.4 Å². The molecular formula is C6H4BrN3S. The highest BCUT2D eigenvalue weighted by Crippen LogP contribution is 2.10. The molecule has 2 aromatic heterocycles. The molecule has 0 aliphatic carbocycles. The molecule has 0 saturated heterocycles. The molecule has 0 radical (unpaired) electrons. The Morgan fingerprint density at radius 1 is 1.36 bits per heavy atom. The number of nitrogens with zero attached hydrogens (tertiary/aromatic N) is 3. The highest BCUT2D eigenvalue weighted by Gasteiger charge is 1.99. The Labute approximate surface area is 75.9 Å². The van der Waals surface area contributed by atoms with Crippen LogP contribution in [0.15, 0.2) is 12.1 Å². The first-order valence-electron chi connectivity index (χ1n) is 3.04. The van der Waals surface area contributed by atoms with E-state index in [2.05, 4.69) is 29.7 Å².